The van der Waals surface area contributed by atoms with E-state index in [0.29, 0.717) is 23.6 Å². The quantitative estimate of drug-likeness (QED) is 0.404. The molecule has 3 aromatic rings. The van der Waals surface area contributed by atoms with Crippen LogP contribution in [0.2, 0.25) is 5.02 Å². The Morgan fingerprint density at radius 1 is 1.03 bits per heavy atom. The summed E-state index contributed by atoms with van der Waals surface area (Å²) in [6.07, 6.45) is 1.73. The molecule has 3 aromatic carbocycles. The van der Waals surface area contributed by atoms with Crippen molar-refractivity contribution in [3.05, 3.63) is 77.3 Å². The number of urea groups is 1. The van der Waals surface area contributed by atoms with E-state index in [1.165, 1.54) is 12.1 Å². The van der Waals surface area contributed by atoms with Crippen LogP contribution in [0.3, 0.4) is 0 Å². The van der Waals surface area contributed by atoms with E-state index in [0.717, 1.165) is 23.3 Å². The van der Waals surface area contributed by atoms with Gasteiger partial charge in [0, 0.05) is 34.4 Å². The molecule has 37 heavy (non-hydrogen) atoms. The molecule has 1 atom stereocenters. The lowest BCUT2D eigenvalue weighted by Crippen LogP contribution is -2.53. The molecule has 0 unspecified atom stereocenters. The highest BCUT2D eigenvalue weighted by Crippen LogP contribution is 2.35. The van der Waals surface area contributed by atoms with Crippen molar-refractivity contribution in [3.63, 3.8) is 0 Å². The number of anilines is 3. The van der Waals surface area contributed by atoms with Crippen molar-refractivity contribution in [2.45, 2.75) is 18.9 Å². The number of benzene rings is 3. The first kappa shape index (κ1) is 26.4. The fourth-order valence-corrected chi connectivity index (χ4v) is 4.77. The Labute approximate surface area is 217 Å². The van der Waals surface area contributed by atoms with Crippen molar-refractivity contribution in [1.82, 2.24) is 5.32 Å². The molecule has 4 rings (SSSR count). The number of halogens is 3. The van der Waals surface area contributed by atoms with Crippen molar-refractivity contribution in [1.29, 1.82) is 0 Å². The molecule has 194 valence electrons. The summed E-state index contributed by atoms with van der Waals surface area (Å²) >= 11 is 5.84. The maximum absolute atomic E-state index is 15.2. The summed E-state index contributed by atoms with van der Waals surface area (Å²) in [4.78, 5) is 26.6. The van der Waals surface area contributed by atoms with E-state index in [1.807, 2.05) is 0 Å². The molecule has 0 spiro atoms. The SMILES string of the molecule is CS(=O)(=O)Nc1ccccc1-c1cc(F)c(N2CCC[C@@H](NC(=O)Nc3ccc(Cl)cc3)C2=O)cc1F. The van der Waals surface area contributed by atoms with Crippen LogP contribution in [0.5, 0.6) is 0 Å². The number of hydrogen-bond acceptors (Lipinski definition) is 4. The zero-order chi connectivity index (χ0) is 26.7. The molecular weight excluding hydrogens is 526 g/mol. The van der Waals surface area contributed by atoms with Crippen LogP contribution in [0.25, 0.3) is 11.1 Å². The van der Waals surface area contributed by atoms with Crippen molar-refractivity contribution in [2.75, 3.05) is 27.7 Å². The van der Waals surface area contributed by atoms with E-state index in [-0.39, 0.29) is 29.0 Å². The van der Waals surface area contributed by atoms with Gasteiger partial charge >= 0.3 is 6.03 Å². The molecule has 1 heterocycles. The normalized spacial score (nSPS) is 15.8. The van der Waals surface area contributed by atoms with E-state index in [1.54, 1.807) is 36.4 Å². The van der Waals surface area contributed by atoms with Crippen LogP contribution in [-0.2, 0) is 14.8 Å². The Morgan fingerprint density at radius 3 is 2.43 bits per heavy atom. The number of hydrogen-bond donors (Lipinski definition) is 3. The van der Waals surface area contributed by atoms with Crippen LogP contribution in [0.4, 0.5) is 30.6 Å². The van der Waals surface area contributed by atoms with Crippen molar-refractivity contribution < 1.29 is 26.8 Å². The average molecular weight is 549 g/mol. The van der Waals surface area contributed by atoms with Gasteiger partial charge in [0.05, 0.1) is 17.6 Å². The first-order valence-corrected chi connectivity index (χ1v) is 13.5. The van der Waals surface area contributed by atoms with Gasteiger partial charge in [-0.05, 0) is 49.2 Å². The lowest BCUT2D eigenvalue weighted by Gasteiger charge is -2.33. The molecule has 0 bridgehead atoms. The largest absolute Gasteiger partial charge is 0.326 e. The number of para-hydroxylation sites is 1. The fraction of sp³-hybridized carbons (Fsp3) is 0.200. The third kappa shape index (κ3) is 6.36. The zero-order valence-corrected chi connectivity index (χ0v) is 21.2. The Morgan fingerprint density at radius 2 is 1.73 bits per heavy atom. The summed E-state index contributed by atoms with van der Waals surface area (Å²) < 4.78 is 56.1. The number of amides is 3. The summed E-state index contributed by atoms with van der Waals surface area (Å²) in [7, 11) is -3.67. The number of rotatable bonds is 6. The molecule has 3 amide bonds. The third-order valence-corrected chi connectivity index (χ3v) is 6.53. The van der Waals surface area contributed by atoms with Gasteiger partial charge in [0.2, 0.25) is 15.9 Å². The zero-order valence-electron chi connectivity index (χ0n) is 19.6. The smallest absolute Gasteiger partial charge is 0.319 e. The van der Waals surface area contributed by atoms with Gasteiger partial charge in [0.15, 0.2) is 0 Å². The monoisotopic (exact) mass is 548 g/mol. The van der Waals surface area contributed by atoms with Crippen molar-refractivity contribution >= 4 is 50.6 Å². The lowest BCUT2D eigenvalue weighted by atomic mass is 10.0. The van der Waals surface area contributed by atoms with Crippen LogP contribution in [0, 0.1) is 11.6 Å². The second-order valence-electron chi connectivity index (χ2n) is 8.49. The Balaban J connectivity index is 1.55. The minimum absolute atomic E-state index is 0.0843. The number of carbonyl (C=O) groups excluding carboxylic acids is 2. The van der Waals surface area contributed by atoms with Crippen LogP contribution in [0.15, 0.2) is 60.7 Å². The molecule has 1 aliphatic rings. The summed E-state index contributed by atoms with van der Waals surface area (Å²) in [6, 6.07) is 12.7. The third-order valence-electron chi connectivity index (χ3n) is 5.69. The van der Waals surface area contributed by atoms with Gasteiger partial charge in [-0.1, -0.05) is 29.8 Å². The predicted molar refractivity (Wildman–Crippen MR) is 139 cm³/mol. The molecule has 0 radical (unpaired) electrons. The standard InChI is InChI=1S/C25H23ClF2N4O4S/c1-37(35,36)31-21-6-3-2-5-17(21)18-13-20(28)23(14-19(18)27)32-12-4-7-22(24(32)33)30-25(34)29-16-10-8-15(26)9-11-16/h2-3,5-6,8-11,13-14,22,31H,4,7,12H2,1H3,(H2,29,30,34)/t22-/m1/s1. The topological polar surface area (TPSA) is 108 Å². The lowest BCUT2D eigenvalue weighted by molar-refractivity contribution is -0.121. The van der Waals surface area contributed by atoms with E-state index >= 15 is 8.78 Å². The van der Waals surface area contributed by atoms with Crippen LogP contribution in [-0.4, -0.2) is 39.2 Å². The van der Waals surface area contributed by atoms with Gasteiger partial charge in [-0.15, -0.1) is 0 Å². The summed E-state index contributed by atoms with van der Waals surface area (Å²) in [5.74, 6) is -2.30. The summed E-state index contributed by atoms with van der Waals surface area (Å²) in [6.45, 7) is 0.137. The second-order valence-corrected chi connectivity index (χ2v) is 10.7. The Bertz CT molecular complexity index is 1450. The minimum atomic E-state index is -3.67. The van der Waals surface area contributed by atoms with Crippen LogP contribution >= 0.6 is 11.6 Å². The van der Waals surface area contributed by atoms with E-state index in [2.05, 4.69) is 15.4 Å². The number of carbonyl (C=O) groups is 2. The van der Waals surface area contributed by atoms with Crippen LogP contribution < -0.4 is 20.3 Å². The maximum atomic E-state index is 15.2. The molecule has 0 aliphatic carbocycles. The van der Waals surface area contributed by atoms with Crippen molar-refractivity contribution in [3.8, 4) is 11.1 Å². The first-order chi connectivity index (χ1) is 17.5. The first-order valence-electron chi connectivity index (χ1n) is 11.2. The maximum Gasteiger partial charge on any atom is 0.319 e. The second kappa shape index (κ2) is 10.7. The highest BCUT2D eigenvalue weighted by Gasteiger charge is 2.33. The number of sulfonamides is 1. The highest BCUT2D eigenvalue weighted by molar-refractivity contribution is 7.92. The van der Waals surface area contributed by atoms with Gasteiger partial charge in [0.1, 0.15) is 17.7 Å². The van der Waals surface area contributed by atoms with Crippen LogP contribution in [0.1, 0.15) is 12.8 Å². The van der Waals surface area contributed by atoms with E-state index in [9.17, 15) is 18.0 Å². The van der Waals surface area contributed by atoms with Gasteiger partial charge < -0.3 is 15.5 Å². The predicted octanol–water partition coefficient (Wildman–Crippen LogP) is 4.97. The van der Waals surface area contributed by atoms with Gasteiger partial charge in [0.25, 0.3) is 0 Å². The molecular formula is C25H23ClF2N4O4S. The molecule has 8 nitrogen and oxygen atoms in total. The average Bonchev–Trinajstić information content (AvgIpc) is 2.83. The van der Waals surface area contributed by atoms with Gasteiger partial charge in [-0.25, -0.2) is 22.0 Å². The minimum Gasteiger partial charge on any atom is -0.326 e. The number of piperidine rings is 1. The molecule has 1 saturated heterocycles. The van der Waals surface area contributed by atoms with E-state index in [4.69, 9.17) is 11.6 Å². The fourth-order valence-electron chi connectivity index (χ4n) is 4.06. The molecule has 3 N–H and O–H groups in total. The highest BCUT2D eigenvalue weighted by atomic mass is 35.5. The summed E-state index contributed by atoms with van der Waals surface area (Å²) in [5, 5.41) is 5.67. The summed E-state index contributed by atoms with van der Waals surface area (Å²) in [5.41, 5.74) is 0.246. The molecule has 12 heteroatoms. The van der Waals surface area contributed by atoms with Crippen molar-refractivity contribution in [2.24, 2.45) is 0 Å². The molecule has 1 aliphatic heterocycles. The van der Waals surface area contributed by atoms with Gasteiger partial charge in [-0.3, -0.25) is 9.52 Å². The number of nitrogens with one attached hydrogen (secondary N) is 3. The Hall–Kier alpha value is -3.70. The van der Waals surface area contributed by atoms with E-state index < -0.39 is 39.6 Å². The molecule has 0 aromatic heterocycles. The molecule has 0 saturated carbocycles. The van der Waals surface area contributed by atoms with Gasteiger partial charge in [-0.2, -0.15) is 0 Å². The Kier molecular flexibility index (Phi) is 7.65. The molecule has 1 fully saturated rings. The number of nitrogens with zero attached hydrogens (tertiary/aromatic N) is 1.